The van der Waals surface area contributed by atoms with Crippen LogP contribution in [0.15, 0.2) is 24.3 Å². The Morgan fingerprint density at radius 2 is 2.10 bits per heavy atom. The molecule has 4 heteroatoms. The molecule has 0 aliphatic heterocycles. The van der Waals surface area contributed by atoms with E-state index in [0.717, 1.165) is 17.7 Å². The Morgan fingerprint density at radius 3 is 2.71 bits per heavy atom. The Morgan fingerprint density at radius 1 is 1.33 bits per heavy atom. The third-order valence-corrected chi connectivity index (χ3v) is 2.76. The minimum atomic E-state index is -0.0889. The molecule has 0 fully saturated rings. The van der Waals surface area contributed by atoms with Gasteiger partial charge in [0.25, 0.3) is 0 Å². The number of methoxy groups -OCH3 is 1. The van der Waals surface area contributed by atoms with Crippen LogP contribution in [-0.2, 0) is 4.79 Å². The molecule has 0 aliphatic rings. The standard InChI is InChI=1S/C17H25NO3/c1-5-10-21-15-8-6-14(11-16(15)20-4)7-9-17(19)18-12-13(2)3/h6-9,11,13H,5,10,12H2,1-4H3,(H,18,19)/b9-7+. The van der Waals surface area contributed by atoms with E-state index < -0.39 is 0 Å². The van der Waals surface area contributed by atoms with Gasteiger partial charge in [-0.25, -0.2) is 0 Å². The zero-order valence-corrected chi connectivity index (χ0v) is 13.3. The van der Waals surface area contributed by atoms with Crippen LogP contribution in [0.3, 0.4) is 0 Å². The highest BCUT2D eigenvalue weighted by molar-refractivity contribution is 5.91. The molecule has 0 saturated heterocycles. The summed E-state index contributed by atoms with van der Waals surface area (Å²) in [5, 5.41) is 2.84. The largest absolute Gasteiger partial charge is 0.493 e. The fourth-order valence-corrected chi connectivity index (χ4v) is 1.65. The monoisotopic (exact) mass is 291 g/mol. The van der Waals surface area contributed by atoms with E-state index >= 15 is 0 Å². The molecule has 0 bridgehead atoms. The van der Waals surface area contributed by atoms with Gasteiger partial charge in [-0.05, 0) is 36.1 Å². The van der Waals surface area contributed by atoms with Gasteiger partial charge < -0.3 is 14.8 Å². The number of hydrogen-bond acceptors (Lipinski definition) is 3. The fraction of sp³-hybridized carbons (Fsp3) is 0.471. The van der Waals surface area contributed by atoms with E-state index in [1.54, 1.807) is 13.2 Å². The van der Waals surface area contributed by atoms with E-state index in [-0.39, 0.29) is 5.91 Å². The van der Waals surface area contributed by atoms with Crippen LogP contribution in [0.25, 0.3) is 6.08 Å². The number of carbonyl (C=O) groups excluding carboxylic acids is 1. The molecule has 1 N–H and O–H groups in total. The first kappa shape index (κ1) is 17.1. The number of carbonyl (C=O) groups is 1. The summed E-state index contributed by atoms with van der Waals surface area (Å²) in [6.45, 7) is 7.51. The van der Waals surface area contributed by atoms with Gasteiger partial charge >= 0.3 is 0 Å². The predicted octanol–water partition coefficient (Wildman–Crippen LogP) is 3.27. The number of amides is 1. The molecule has 0 radical (unpaired) electrons. The van der Waals surface area contributed by atoms with Crippen molar-refractivity contribution < 1.29 is 14.3 Å². The van der Waals surface area contributed by atoms with Gasteiger partial charge in [0.05, 0.1) is 13.7 Å². The highest BCUT2D eigenvalue weighted by atomic mass is 16.5. The smallest absolute Gasteiger partial charge is 0.244 e. The van der Waals surface area contributed by atoms with E-state index in [4.69, 9.17) is 9.47 Å². The van der Waals surface area contributed by atoms with Crippen molar-refractivity contribution in [1.29, 1.82) is 0 Å². The van der Waals surface area contributed by atoms with Crippen molar-refractivity contribution >= 4 is 12.0 Å². The maximum absolute atomic E-state index is 11.6. The summed E-state index contributed by atoms with van der Waals surface area (Å²) in [4.78, 5) is 11.6. The molecule has 1 aromatic rings. The molecule has 116 valence electrons. The van der Waals surface area contributed by atoms with Gasteiger partial charge in [-0.2, -0.15) is 0 Å². The second-order valence-corrected chi connectivity index (χ2v) is 5.23. The van der Waals surface area contributed by atoms with Crippen LogP contribution in [0.1, 0.15) is 32.8 Å². The van der Waals surface area contributed by atoms with Crippen molar-refractivity contribution in [3.63, 3.8) is 0 Å². The molecule has 0 aliphatic carbocycles. The highest BCUT2D eigenvalue weighted by Gasteiger charge is 2.04. The summed E-state index contributed by atoms with van der Waals surface area (Å²) in [6.07, 6.45) is 4.24. The summed E-state index contributed by atoms with van der Waals surface area (Å²) in [7, 11) is 1.61. The molecule has 0 aromatic heterocycles. The van der Waals surface area contributed by atoms with Crippen LogP contribution in [0.4, 0.5) is 0 Å². The van der Waals surface area contributed by atoms with E-state index in [1.807, 2.05) is 18.2 Å². The SMILES string of the molecule is CCCOc1ccc(/C=C/C(=O)NCC(C)C)cc1OC. The summed E-state index contributed by atoms with van der Waals surface area (Å²) in [5.41, 5.74) is 0.899. The Kier molecular flexibility index (Phi) is 7.37. The molecular formula is C17H25NO3. The van der Waals surface area contributed by atoms with E-state index in [1.165, 1.54) is 6.08 Å². The van der Waals surface area contributed by atoms with Crippen LogP contribution in [0.5, 0.6) is 11.5 Å². The Balaban J connectivity index is 2.69. The molecular weight excluding hydrogens is 266 g/mol. The molecule has 4 nitrogen and oxygen atoms in total. The highest BCUT2D eigenvalue weighted by Crippen LogP contribution is 2.28. The number of hydrogen-bond donors (Lipinski definition) is 1. The van der Waals surface area contributed by atoms with Crippen LogP contribution in [0, 0.1) is 5.92 Å². The lowest BCUT2D eigenvalue weighted by molar-refractivity contribution is -0.116. The Bertz CT molecular complexity index is 481. The number of ether oxygens (including phenoxy) is 2. The second-order valence-electron chi connectivity index (χ2n) is 5.23. The zero-order valence-electron chi connectivity index (χ0n) is 13.3. The molecule has 21 heavy (non-hydrogen) atoms. The molecule has 0 atom stereocenters. The molecule has 1 rings (SSSR count). The van der Waals surface area contributed by atoms with Gasteiger partial charge in [0, 0.05) is 12.6 Å². The molecule has 0 unspecified atom stereocenters. The van der Waals surface area contributed by atoms with E-state index in [0.29, 0.717) is 24.8 Å². The first-order valence-corrected chi connectivity index (χ1v) is 7.33. The third kappa shape index (κ3) is 6.34. The summed E-state index contributed by atoms with van der Waals surface area (Å²) < 4.78 is 10.9. The van der Waals surface area contributed by atoms with Gasteiger partial charge in [-0.1, -0.05) is 26.8 Å². The van der Waals surface area contributed by atoms with Crippen LogP contribution in [0.2, 0.25) is 0 Å². The second kappa shape index (κ2) is 9.06. The molecule has 0 saturated carbocycles. The van der Waals surface area contributed by atoms with E-state index in [2.05, 4.69) is 26.1 Å². The number of benzene rings is 1. The third-order valence-electron chi connectivity index (χ3n) is 2.76. The summed E-state index contributed by atoms with van der Waals surface area (Å²) in [5.74, 6) is 1.75. The summed E-state index contributed by atoms with van der Waals surface area (Å²) in [6, 6.07) is 5.62. The lowest BCUT2D eigenvalue weighted by Crippen LogP contribution is -2.25. The van der Waals surface area contributed by atoms with Crippen LogP contribution >= 0.6 is 0 Å². The molecule has 0 spiro atoms. The van der Waals surface area contributed by atoms with Gasteiger partial charge in [-0.3, -0.25) is 4.79 Å². The van der Waals surface area contributed by atoms with Crippen LogP contribution < -0.4 is 14.8 Å². The van der Waals surface area contributed by atoms with Crippen molar-refractivity contribution in [1.82, 2.24) is 5.32 Å². The molecule has 1 aromatic carbocycles. The minimum absolute atomic E-state index is 0.0889. The quantitative estimate of drug-likeness (QED) is 0.748. The Hall–Kier alpha value is -1.97. The first-order chi connectivity index (χ1) is 10.1. The van der Waals surface area contributed by atoms with Gasteiger partial charge in [-0.15, -0.1) is 0 Å². The van der Waals surface area contributed by atoms with E-state index in [9.17, 15) is 4.79 Å². The first-order valence-electron chi connectivity index (χ1n) is 7.33. The predicted molar refractivity (Wildman–Crippen MR) is 85.7 cm³/mol. The van der Waals surface area contributed by atoms with Gasteiger partial charge in [0.2, 0.25) is 5.91 Å². The minimum Gasteiger partial charge on any atom is -0.493 e. The zero-order chi connectivity index (χ0) is 15.7. The fourth-order valence-electron chi connectivity index (χ4n) is 1.65. The maximum Gasteiger partial charge on any atom is 0.244 e. The van der Waals surface area contributed by atoms with Crippen LogP contribution in [-0.4, -0.2) is 26.2 Å². The molecule has 0 heterocycles. The topological polar surface area (TPSA) is 47.6 Å². The number of nitrogens with one attached hydrogen (secondary N) is 1. The maximum atomic E-state index is 11.6. The Labute approximate surface area is 127 Å². The average Bonchev–Trinajstić information content (AvgIpc) is 2.49. The lowest BCUT2D eigenvalue weighted by Gasteiger charge is -2.10. The molecule has 1 amide bonds. The van der Waals surface area contributed by atoms with Crippen molar-refractivity contribution in [3.8, 4) is 11.5 Å². The van der Waals surface area contributed by atoms with Crippen molar-refractivity contribution in [2.45, 2.75) is 27.2 Å². The number of rotatable bonds is 8. The van der Waals surface area contributed by atoms with Crippen molar-refractivity contribution in [3.05, 3.63) is 29.8 Å². The summed E-state index contributed by atoms with van der Waals surface area (Å²) >= 11 is 0. The van der Waals surface area contributed by atoms with Gasteiger partial charge in [0.15, 0.2) is 11.5 Å². The van der Waals surface area contributed by atoms with Gasteiger partial charge in [0.1, 0.15) is 0 Å². The van der Waals surface area contributed by atoms with Crippen molar-refractivity contribution in [2.75, 3.05) is 20.3 Å². The van der Waals surface area contributed by atoms with Crippen molar-refractivity contribution in [2.24, 2.45) is 5.92 Å². The lowest BCUT2D eigenvalue weighted by atomic mass is 10.2. The normalized spacial score (nSPS) is 10.9. The average molecular weight is 291 g/mol.